The van der Waals surface area contributed by atoms with Gasteiger partial charge in [-0.1, -0.05) is 0 Å². The molecule has 0 aromatic carbocycles. The average molecular weight is 360 g/mol. The van der Waals surface area contributed by atoms with E-state index in [1.807, 2.05) is 20.8 Å². The van der Waals surface area contributed by atoms with Gasteiger partial charge in [0, 0.05) is 30.3 Å². The van der Waals surface area contributed by atoms with Crippen LogP contribution in [-0.2, 0) is 4.74 Å². The normalized spacial score (nSPS) is 19.5. The number of piperazine rings is 1. The predicted molar refractivity (Wildman–Crippen MR) is 80.4 cm³/mol. The van der Waals surface area contributed by atoms with Gasteiger partial charge in [-0.2, -0.15) is 0 Å². The van der Waals surface area contributed by atoms with Crippen LogP contribution in [0.2, 0.25) is 0 Å². The third-order valence-electron chi connectivity index (χ3n) is 2.99. The first kappa shape index (κ1) is 16.2. The van der Waals surface area contributed by atoms with Crippen molar-refractivity contribution < 1.29 is 13.9 Å². The second-order valence-electron chi connectivity index (χ2n) is 5.95. The van der Waals surface area contributed by atoms with E-state index in [4.69, 9.17) is 4.74 Å². The molecule has 5 nitrogen and oxygen atoms in total. The zero-order chi connectivity index (χ0) is 15.6. The molecule has 2 rings (SSSR count). The summed E-state index contributed by atoms with van der Waals surface area (Å²) in [5.74, 6) is -0.395. The fourth-order valence-electron chi connectivity index (χ4n) is 2.11. The summed E-state index contributed by atoms with van der Waals surface area (Å²) >= 11 is 3.18. The monoisotopic (exact) mass is 359 g/mol. The van der Waals surface area contributed by atoms with Crippen molar-refractivity contribution in [3.05, 3.63) is 28.2 Å². The molecule has 116 valence electrons. The smallest absolute Gasteiger partial charge is 0.410 e. The highest BCUT2D eigenvalue weighted by atomic mass is 79.9. The number of halogens is 2. The lowest BCUT2D eigenvalue weighted by Gasteiger charge is -2.34. The van der Waals surface area contributed by atoms with Crippen LogP contribution in [0.1, 0.15) is 32.5 Å². The van der Waals surface area contributed by atoms with Crippen LogP contribution in [0.5, 0.6) is 0 Å². The van der Waals surface area contributed by atoms with Gasteiger partial charge in [-0.3, -0.25) is 4.98 Å². The summed E-state index contributed by atoms with van der Waals surface area (Å²) in [5.41, 5.74) is -0.232. The Kier molecular flexibility index (Phi) is 4.83. The maximum absolute atomic E-state index is 14.0. The Balaban J connectivity index is 2.08. The molecule has 1 aliphatic heterocycles. The molecular weight excluding hydrogens is 341 g/mol. The third-order valence-corrected chi connectivity index (χ3v) is 3.43. The number of nitrogens with one attached hydrogen (secondary N) is 1. The maximum atomic E-state index is 14.0. The second-order valence-corrected chi connectivity index (χ2v) is 6.87. The number of aromatic nitrogens is 1. The van der Waals surface area contributed by atoms with Gasteiger partial charge >= 0.3 is 6.09 Å². The van der Waals surface area contributed by atoms with Crippen molar-refractivity contribution in [1.29, 1.82) is 0 Å². The summed E-state index contributed by atoms with van der Waals surface area (Å²) in [7, 11) is 0. The van der Waals surface area contributed by atoms with E-state index in [2.05, 4.69) is 26.2 Å². The van der Waals surface area contributed by atoms with Gasteiger partial charge in [-0.05, 0) is 42.8 Å². The van der Waals surface area contributed by atoms with Crippen LogP contribution in [0.4, 0.5) is 9.18 Å². The van der Waals surface area contributed by atoms with E-state index in [0.29, 0.717) is 29.8 Å². The highest BCUT2D eigenvalue weighted by Crippen LogP contribution is 2.22. The molecule has 7 heteroatoms. The number of hydrogen-bond acceptors (Lipinski definition) is 4. The minimum atomic E-state index is -0.543. The van der Waals surface area contributed by atoms with Crippen LogP contribution in [0.3, 0.4) is 0 Å². The molecule has 21 heavy (non-hydrogen) atoms. The lowest BCUT2D eigenvalue weighted by molar-refractivity contribution is 0.0192. The van der Waals surface area contributed by atoms with E-state index in [1.165, 1.54) is 6.07 Å². The summed E-state index contributed by atoms with van der Waals surface area (Å²) in [6.45, 7) is 6.90. The van der Waals surface area contributed by atoms with E-state index >= 15 is 0 Å². The van der Waals surface area contributed by atoms with Gasteiger partial charge in [0.15, 0.2) is 0 Å². The number of nitrogens with zero attached hydrogens (tertiary/aromatic N) is 2. The molecule has 0 bridgehead atoms. The molecule has 1 aliphatic rings. The molecule has 0 spiro atoms. The van der Waals surface area contributed by atoms with Crippen molar-refractivity contribution in [1.82, 2.24) is 15.2 Å². The van der Waals surface area contributed by atoms with Crippen LogP contribution in [-0.4, -0.2) is 41.2 Å². The molecular formula is C14H19BrFN3O2. The van der Waals surface area contributed by atoms with Gasteiger partial charge in [0.05, 0.1) is 11.7 Å². The quantitative estimate of drug-likeness (QED) is 0.837. The van der Waals surface area contributed by atoms with Gasteiger partial charge < -0.3 is 15.0 Å². The number of pyridine rings is 1. The highest BCUT2D eigenvalue weighted by Gasteiger charge is 2.29. The van der Waals surface area contributed by atoms with Gasteiger partial charge in [0.25, 0.3) is 0 Å². The molecule has 1 atom stereocenters. The van der Waals surface area contributed by atoms with Crippen LogP contribution in [0.25, 0.3) is 0 Å². The van der Waals surface area contributed by atoms with Crippen LogP contribution >= 0.6 is 15.9 Å². The third kappa shape index (κ3) is 4.38. The lowest BCUT2D eigenvalue weighted by Crippen LogP contribution is -2.50. The number of hydrogen-bond donors (Lipinski definition) is 1. The first-order chi connectivity index (χ1) is 9.76. The molecule has 0 radical (unpaired) electrons. The Bertz CT molecular complexity index is 533. The Hall–Kier alpha value is -1.21. The zero-order valence-electron chi connectivity index (χ0n) is 12.3. The van der Waals surface area contributed by atoms with Crippen LogP contribution in [0.15, 0.2) is 16.7 Å². The first-order valence-electron chi connectivity index (χ1n) is 6.78. The summed E-state index contributed by atoms with van der Waals surface area (Å²) in [6, 6.07) is 1.04. The zero-order valence-corrected chi connectivity index (χ0v) is 13.9. The Morgan fingerprint density at radius 1 is 1.57 bits per heavy atom. The van der Waals surface area contributed by atoms with Crippen molar-refractivity contribution in [3.8, 4) is 0 Å². The van der Waals surface area contributed by atoms with E-state index in [1.54, 1.807) is 11.1 Å². The van der Waals surface area contributed by atoms with Gasteiger partial charge in [-0.25, -0.2) is 9.18 Å². The van der Waals surface area contributed by atoms with Crippen LogP contribution < -0.4 is 5.32 Å². The standard InChI is InChI=1S/C14H19BrFN3O2/c1-14(2,3)21-13(20)19-5-4-17-11(8-19)12-10(16)6-9(15)7-18-12/h6-7,11,17H,4-5,8H2,1-3H3. The van der Waals surface area contributed by atoms with E-state index < -0.39 is 11.4 Å². The lowest BCUT2D eigenvalue weighted by atomic mass is 10.1. The molecule has 0 aliphatic carbocycles. The topological polar surface area (TPSA) is 54.5 Å². The van der Waals surface area contributed by atoms with Crippen molar-refractivity contribution in [2.24, 2.45) is 0 Å². The number of carbonyl (C=O) groups excluding carboxylic acids is 1. The molecule has 1 aromatic heterocycles. The van der Waals surface area contributed by atoms with Crippen molar-refractivity contribution in [2.75, 3.05) is 19.6 Å². The second kappa shape index (κ2) is 6.27. The van der Waals surface area contributed by atoms with Gasteiger partial charge in [-0.15, -0.1) is 0 Å². The Morgan fingerprint density at radius 2 is 2.29 bits per heavy atom. The van der Waals surface area contributed by atoms with Crippen molar-refractivity contribution in [2.45, 2.75) is 32.4 Å². The number of rotatable bonds is 1. The van der Waals surface area contributed by atoms with Crippen LogP contribution in [0, 0.1) is 5.82 Å². The maximum Gasteiger partial charge on any atom is 0.410 e. The van der Waals surface area contributed by atoms with Gasteiger partial charge in [0.1, 0.15) is 11.4 Å². The minimum absolute atomic E-state index is 0.312. The average Bonchev–Trinajstić information content (AvgIpc) is 2.37. The molecule has 0 saturated carbocycles. The van der Waals surface area contributed by atoms with E-state index in [-0.39, 0.29) is 12.1 Å². The summed E-state index contributed by atoms with van der Waals surface area (Å²) in [5, 5.41) is 3.18. The summed E-state index contributed by atoms with van der Waals surface area (Å²) in [6.07, 6.45) is 1.17. The fraction of sp³-hybridized carbons (Fsp3) is 0.571. The predicted octanol–water partition coefficient (Wildman–Crippen LogP) is 2.86. The summed E-state index contributed by atoms with van der Waals surface area (Å²) in [4.78, 5) is 17.8. The molecule has 1 saturated heterocycles. The van der Waals surface area contributed by atoms with Crippen molar-refractivity contribution in [3.63, 3.8) is 0 Å². The SMILES string of the molecule is CC(C)(C)OC(=O)N1CCNC(c2ncc(Br)cc2F)C1. The molecule has 2 heterocycles. The molecule has 1 aromatic rings. The molecule has 1 fully saturated rings. The summed E-state index contributed by atoms with van der Waals surface area (Å²) < 4.78 is 19.9. The number of carbonyl (C=O) groups is 1. The Morgan fingerprint density at radius 3 is 2.90 bits per heavy atom. The Labute approximate surface area is 132 Å². The van der Waals surface area contributed by atoms with E-state index in [9.17, 15) is 9.18 Å². The molecule has 1 amide bonds. The fourth-order valence-corrected chi connectivity index (χ4v) is 2.41. The number of ether oxygens (including phenoxy) is 1. The largest absolute Gasteiger partial charge is 0.444 e. The highest BCUT2D eigenvalue weighted by molar-refractivity contribution is 9.10. The van der Waals surface area contributed by atoms with E-state index in [0.717, 1.165) is 0 Å². The first-order valence-corrected chi connectivity index (χ1v) is 7.58. The number of amides is 1. The molecule has 1 unspecified atom stereocenters. The van der Waals surface area contributed by atoms with Gasteiger partial charge in [0.2, 0.25) is 0 Å². The minimum Gasteiger partial charge on any atom is -0.444 e. The van der Waals surface area contributed by atoms with Crippen molar-refractivity contribution >= 4 is 22.0 Å². The molecule has 1 N–H and O–H groups in total.